The van der Waals surface area contributed by atoms with E-state index >= 15 is 0 Å². The van der Waals surface area contributed by atoms with E-state index in [1.165, 1.54) is 48.5 Å². The maximum atomic E-state index is 13.1. The normalized spacial score (nSPS) is 13.0. The molecule has 2 aromatic carbocycles. The Morgan fingerprint density at radius 3 is 2.11 bits per heavy atom. The fourth-order valence-electron chi connectivity index (χ4n) is 1.89. The minimum Gasteiger partial charge on any atom is -0.488 e. The van der Waals surface area contributed by atoms with Gasteiger partial charge in [-0.3, -0.25) is 0 Å². The summed E-state index contributed by atoms with van der Waals surface area (Å²) in [6.45, 7) is -0.0408. The summed E-state index contributed by atoms with van der Waals surface area (Å²) < 4.78 is 106. The topological polar surface area (TPSA) is 33.6 Å². The van der Waals surface area contributed by atoms with Crippen molar-refractivity contribution >= 4 is 6.21 Å². The van der Waals surface area contributed by atoms with Crippen LogP contribution >= 0.6 is 0 Å². The second-order valence-corrected chi connectivity index (χ2v) is 5.47. The number of hydrazone groups is 1. The highest BCUT2D eigenvalue weighted by molar-refractivity contribution is 5.83. The Balaban J connectivity index is 2.09. The lowest BCUT2D eigenvalue weighted by atomic mass is 10.2. The largest absolute Gasteiger partial charge is 0.488 e. The van der Waals surface area contributed by atoms with Gasteiger partial charge in [-0.2, -0.15) is 35.8 Å². The van der Waals surface area contributed by atoms with Crippen LogP contribution in [-0.4, -0.2) is 24.4 Å². The van der Waals surface area contributed by atoms with Crippen molar-refractivity contribution in [1.82, 2.24) is 5.43 Å². The Hall–Kier alpha value is -2.85. The van der Waals surface area contributed by atoms with Crippen LogP contribution in [0.5, 0.6) is 5.75 Å². The van der Waals surface area contributed by atoms with Gasteiger partial charge in [-0.05, 0) is 29.8 Å². The van der Waals surface area contributed by atoms with Gasteiger partial charge < -0.3 is 4.74 Å². The Labute approximate surface area is 153 Å². The number of hydrogen-bond donors (Lipinski definition) is 1. The first-order chi connectivity index (χ1) is 12.9. The molecule has 28 heavy (non-hydrogen) atoms. The van der Waals surface area contributed by atoms with E-state index in [0.717, 1.165) is 0 Å². The minimum absolute atomic E-state index is 0.0308. The highest BCUT2D eigenvalue weighted by Gasteiger charge is 2.73. The molecule has 11 heteroatoms. The van der Waals surface area contributed by atoms with E-state index in [-0.39, 0.29) is 17.9 Å². The molecule has 0 spiro atoms. The fourth-order valence-corrected chi connectivity index (χ4v) is 1.89. The van der Waals surface area contributed by atoms with Crippen LogP contribution in [-0.2, 0) is 6.61 Å². The molecule has 2 aromatic rings. The van der Waals surface area contributed by atoms with Crippen molar-refractivity contribution < 1.29 is 39.9 Å². The molecule has 0 aliphatic carbocycles. The van der Waals surface area contributed by atoms with Crippen molar-refractivity contribution in [2.75, 3.05) is 0 Å². The van der Waals surface area contributed by atoms with Crippen LogP contribution < -0.4 is 10.2 Å². The van der Waals surface area contributed by atoms with Gasteiger partial charge >= 0.3 is 18.1 Å². The van der Waals surface area contributed by atoms with Crippen LogP contribution in [0.15, 0.2) is 53.6 Å². The van der Waals surface area contributed by atoms with Crippen LogP contribution in [0.3, 0.4) is 0 Å². The van der Waals surface area contributed by atoms with Crippen molar-refractivity contribution in [3.63, 3.8) is 0 Å². The van der Waals surface area contributed by atoms with E-state index in [0.29, 0.717) is 17.2 Å². The molecule has 0 aliphatic heterocycles. The van der Waals surface area contributed by atoms with Gasteiger partial charge in [-0.25, -0.2) is 9.82 Å². The van der Waals surface area contributed by atoms with Gasteiger partial charge in [0.1, 0.15) is 18.2 Å². The van der Waals surface area contributed by atoms with Crippen LogP contribution in [0.25, 0.3) is 0 Å². The number of rotatable bonds is 7. The maximum absolute atomic E-state index is 13.1. The average Bonchev–Trinajstić information content (AvgIpc) is 2.61. The third-order valence-corrected chi connectivity index (χ3v) is 3.39. The quantitative estimate of drug-likeness (QED) is 0.297. The van der Waals surface area contributed by atoms with Crippen LogP contribution in [0.4, 0.5) is 35.1 Å². The molecule has 152 valence electrons. The second-order valence-electron chi connectivity index (χ2n) is 5.47. The summed E-state index contributed by atoms with van der Waals surface area (Å²) in [4.78, 5) is 0. The monoisotopic (exact) mass is 412 g/mol. The number of nitrogens with zero attached hydrogens (tertiary/aromatic N) is 1. The number of benzene rings is 2. The lowest BCUT2D eigenvalue weighted by Crippen LogP contribution is -2.58. The summed E-state index contributed by atoms with van der Waals surface area (Å²) in [5, 5.41) is 2.79. The lowest BCUT2D eigenvalue weighted by Gasteiger charge is -2.27. The zero-order chi connectivity index (χ0) is 21.0. The summed E-state index contributed by atoms with van der Waals surface area (Å²) in [6.07, 6.45) is -5.85. The number of halogens is 8. The molecule has 0 radical (unpaired) electrons. The van der Waals surface area contributed by atoms with Crippen molar-refractivity contribution in [1.29, 1.82) is 0 Å². The number of nitrogens with one attached hydrogen (secondary N) is 1. The molecule has 0 aromatic heterocycles. The molecule has 0 unspecified atom stereocenters. The summed E-state index contributed by atoms with van der Waals surface area (Å²) in [5.74, 6) is -6.70. The van der Waals surface area contributed by atoms with Crippen molar-refractivity contribution in [2.45, 2.75) is 24.8 Å². The number of para-hydroxylation sites is 1. The van der Waals surface area contributed by atoms with Crippen molar-refractivity contribution in [3.8, 4) is 5.75 Å². The molecular formula is C17H12F8N2O. The lowest BCUT2D eigenvalue weighted by molar-refractivity contribution is -0.361. The second kappa shape index (κ2) is 8.03. The van der Waals surface area contributed by atoms with Gasteiger partial charge in [0.15, 0.2) is 0 Å². The zero-order valence-electron chi connectivity index (χ0n) is 13.8. The van der Waals surface area contributed by atoms with Gasteiger partial charge in [0.05, 0.1) is 6.21 Å². The number of ether oxygens (including phenoxy) is 1. The van der Waals surface area contributed by atoms with E-state index in [1.54, 1.807) is 0 Å². The molecule has 0 bridgehead atoms. The number of hydrogen-bond acceptors (Lipinski definition) is 3. The third-order valence-electron chi connectivity index (χ3n) is 3.39. The first-order valence-corrected chi connectivity index (χ1v) is 7.53. The first-order valence-electron chi connectivity index (χ1n) is 7.53. The van der Waals surface area contributed by atoms with E-state index < -0.39 is 24.0 Å². The first kappa shape index (κ1) is 21.5. The van der Waals surface area contributed by atoms with Crippen LogP contribution in [0.2, 0.25) is 0 Å². The summed E-state index contributed by atoms with van der Waals surface area (Å²) in [6, 6.07) is 5.26. The Kier molecular flexibility index (Phi) is 6.15. The molecule has 0 saturated heterocycles. The summed E-state index contributed by atoms with van der Waals surface area (Å²) >= 11 is 0. The highest BCUT2D eigenvalue weighted by Crippen LogP contribution is 2.45. The van der Waals surface area contributed by atoms with E-state index in [9.17, 15) is 35.1 Å². The molecule has 0 fully saturated rings. The van der Waals surface area contributed by atoms with Crippen LogP contribution in [0, 0.1) is 5.82 Å². The molecule has 0 aliphatic rings. The molecular weight excluding hydrogens is 400 g/mol. The number of alkyl halides is 7. The van der Waals surface area contributed by atoms with Crippen molar-refractivity contribution in [3.05, 3.63) is 65.5 Å². The van der Waals surface area contributed by atoms with Crippen molar-refractivity contribution in [2.24, 2.45) is 5.10 Å². The minimum atomic E-state index is -6.46. The zero-order valence-corrected chi connectivity index (χ0v) is 13.8. The van der Waals surface area contributed by atoms with Gasteiger partial charge in [0, 0.05) is 5.56 Å². The average molecular weight is 412 g/mol. The Morgan fingerprint density at radius 1 is 0.893 bits per heavy atom. The van der Waals surface area contributed by atoms with E-state index in [1.807, 2.05) is 0 Å². The highest BCUT2D eigenvalue weighted by atomic mass is 19.4. The molecule has 1 N–H and O–H groups in total. The van der Waals surface area contributed by atoms with Crippen LogP contribution in [0.1, 0.15) is 11.1 Å². The third kappa shape index (κ3) is 4.90. The summed E-state index contributed by atoms with van der Waals surface area (Å²) in [7, 11) is 0. The van der Waals surface area contributed by atoms with E-state index in [2.05, 4.69) is 5.10 Å². The Morgan fingerprint density at radius 2 is 1.50 bits per heavy atom. The molecule has 0 atom stereocenters. The fraction of sp³-hybridized carbons (Fsp3) is 0.235. The summed E-state index contributed by atoms with van der Waals surface area (Å²) in [5.41, 5.74) is 1.13. The predicted molar refractivity (Wildman–Crippen MR) is 83.9 cm³/mol. The predicted octanol–water partition coefficient (Wildman–Crippen LogP) is 5.12. The molecule has 0 amide bonds. The standard InChI is InChI=1S/C17H12F8N2O/c18-13-7-5-11(6-8-13)10-28-14-4-2-1-3-12(14)9-26-27-17(24,25)15(19,20)16(21,22)23/h1-9,27H,10H2/b26-9+. The van der Waals surface area contributed by atoms with Gasteiger partial charge in [-0.1, -0.05) is 24.3 Å². The smallest absolute Gasteiger partial charge is 0.462 e. The van der Waals surface area contributed by atoms with Gasteiger partial charge in [-0.15, -0.1) is 0 Å². The SMILES string of the molecule is Fc1ccc(COc2ccccc2/C=N/NC(F)(F)C(F)(F)C(F)(F)F)cc1. The molecule has 3 nitrogen and oxygen atoms in total. The Bertz CT molecular complexity index is 819. The van der Waals surface area contributed by atoms with E-state index in [4.69, 9.17) is 4.74 Å². The molecule has 2 rings (SSSR count). The molecule has 0 heterocycles. The van der Waals surface area contributed by atoms with Gasteiger partial charge in [0.25, 0.3) is 0 Å². The maximum Gasteiger partial charge on any atom is 0.462 e. The van der Waals surface area contributed by atoms with Gasteiger partial charge in [0.2, 0.25) is 0 Å². The molecule has 0 saturated carbocycles.